The Balaban J connectivity index is 2.08. The van der Waals surface area contributed by atoms with E-state index < -0.39 is 10.0 Å². The van der Waals surface area contributed by atoms with Gasteiger partial charge in [-0.2, -0.15) is 8.42 Å². The van der Waals surface area contributed by atoms with Gasteiger partial charge in [-0.25, -0.2) is 4.98 Å². The molecule has 5 nitrogen and oxygen atoms in total. The second-order valence-electron chi connectivity index (χ2n) is 5.81. The zero-order valence-corrected chi connectivity index (χ0v) is 13.8. The molecule has 118 valence electrons. The zero-order valence-electron chi connectivity index (χ0n) is 12.9. The van der Waals surface area contributed by atoms with Crippen LogP contribution in [-0.2, 0) is 17.1 Å². The molecule has 0 amide bonds. The van der Waals surface area contributed by atoms with E-state index in [-0.39, 0.29) is 11.1 Å². The summed E-state index contributed by atoms with van der Waals surface area (Å²) in [6.45, 7) is 1.81. The van der Waals surface area contributed by atoms with Crippen molar-refractivity contribution in [2.45, 2.75) is 43.7 Å². The van der Waals surface area contributed by atoms with Gasteiger partial charge in [-0.15, -0.1) is 0 Å². The number of rotatable bonds is 4. The van der Waals surface area contributed by atoms with Crippen LogP contribution in [0.2, 0.25) is 0 Å². The molecule has 0 unspecified atom stereocenters. The fourth-order valence-corrected chi connectivity index (χ4v) is 4.75. The van der Waals surface area contributed by atoms with Crippen molar-refractivity contribution in [3.05, 3.63) is 42.4 Å². The first kappa shape index (κ1) is 15.1. The van der Waals surface area contributed by atoms with Crippen LogP contribution in [0.3, 0.4) is 0 Å². The summed E-state index contributed by atoms with van der Waals surface area (Å²) in [6.07, 6.45) is 5.55. The summed E-state index contributed by atoms with van der Waals surface area (Å²) >= 11 is 0. The fraction of sp³-hybridized carbons (Fsp3) is 0.438. The third kappa shape index (κ3) is 2.63. The normalized spacial score (nSPS) is 16.1. The Hall–Kier alpha value is -1.82. The molecular formula is C16H21N3O2S. The summed E-state index contributed by atoms with van der Waals surface area (Å²) in [6, 6.07) is 9.37. The van der Waals surface area contributed by atoms with Gasteiger partial charge in [-0.1, -0.05) is 31.0 Å². The number of benzene rings is 1. The van der Waals surface area contributed by atoms with Crippen molar-refractivity contribution in [3.63, 3.8) is 0 Å². The summed E-state index contributed by atoms with van der Waals surface area (Å²) < 4.78 is 29.6. The molecule has 3 rings (SSSR count). The van der Waals surface area contributed by atoms with Crippen molar-refractivity contribution in [2.75, 3.05) is 4.31 Å². The Morgan fingerprint density at radius 2 is 1.82 bits per heavy atom. The number of hydrogen-bond acceptors (Lipinski definition) is 3. The van der Waals surface area contributed by atoms with Crippen LogP contribution in [0.25, 0.3) is 0 Å². The van der Waals surface area contributed by atoms with Crippen LogP contribution < -0.4 is 4.31 Å². The van der Waals surface area contributed by atoms with Gasteiger partial charge in [0.15, 0.2) is 5.03 Å². The smallest absolute Gasteiger partial charge is 0.283 e. The highest BCUT2D eigenvalue weighted by atomic mass is 32.2. The molecule has 0 N–H and O–H groups in total. The number of aromatic nitrogens is 2. The SMILES string of the molecule is Cc1nc(S(=O)(=O)N(c2ccccc2)C2CCCC2)cn1C. The lowest BCUT2D eigenvalue weighted by molar-refractivity contribution is 0.571. The van der Waals surface area contributed by atoms with E-state index in [4.69, 9.17) is 0 Å². The molecule has 22 heavy (non-hydrogen) atoms. The van der Waals surface area contributed by atoms with Gasteiger partial charge in [0.25, 0.3) is 10.0 Å². The van der Waals surface area contributed by atoms with E-state index in [2.05, 4.69) is 4.98 Å². The highest BCUT2D eigenvalue weighted by Crippen LogP contribution is 2.33. The molecule has 6 heteroatoms. The van der Waals surface area contributed by atoms with Gasteiger partial charge in [-0.3, -0.25) is 4.31 Å². The third-order valence-corrected chi connectivity index (χ3v) is 6.03. The van der Waals surface area contributed by atoms with Crippen LogP contribution >= 0.6 is 0 Å². The molecule has 1 fully saturated rings. The zero-order chi connectivity index (χ0) is 15.7. The monoisotopic (exact) mass is 319 g/mol. The van der Waals surface area contributed by atoms with Crippen LogP contribution in [-0.4, -0.2) is 24.0 Å². The number of hydrogen-bond donors (Lipinski definition) is 0. The molecule has 0 spiro atoms. The Labute approximate surface area is 131 Å². The minimum Gasteiger partial charge on any atom is -0.337 e. The maximum Gasteiger partial charge on any atom is 0.283 e. The molecule has 1 aliphatic rings. The Morgan fingerprint density at radius 1 is 1.18 bits per heavy atom. The van der Waals surface area contributed by atoms with Gasteiger partial charge in [-0.05, 0) is 31.9 Å². The van der Waals surface area contributed by atoms with E-state index >= 15 is 0 Å². The summed E-state index contributed by atoms with van der Waals surface area (Å²) in [5, 5.41) is 0.128. The fourth-order valence-electron chi connectivity index (χ4n) is 3.01. The van der Waals surface area contributed by atoms with Crippen LogP contribution in [0, 0.1) is 6.92 Å². The lowest BCUT2D eigenvalue weighted by Gasteiger charge is -2.29. The lowest BCUT2D eigenvalue weighted by Crippen LogP contribution is -2.39. The van der Waals surface area contributed by atoms with Crippen molar-refractivity contribution in [1.29, 1.82) is 0 Å². The third-order valence-electron chi connectivity index (χ3n) is 4.28. The molecule has 0 radical (unpaired) electrons. The van der Waals surface area contributed by atoms with Crippen molar-refractivity contribution in [3.8, 4) is 0 Å². The quantitative estimate of drug-likeness (QED) is 0.871. The summed E-state index contributed by atoms with van der Waals surface area (Å²) in [4.78, 5) is 4.23. The van der Waals surface area contributed by atoms with Gasteiger partial charge in [0.1, 0.15) is 5.82 Å². The molecule has 0 aliphatic heterocycles. The van der Waals surface area contributed by atoms with Gasteiger partial charge >= 0.3 is 0 Å². The predicted molar refractivity (Wildman–Crippen MR) is 86.3 cm³/mol. The van der Waals surface area contributed by atoms with Gasteiger partial charge < -0.3 is 4.57 Å². The number of aryl methyl sites for hydroxylation is 2. The standard InChI is InChI=1S/C16H21N3O2S/c1-13-17-16(12-18(13)2)22(20,21)19(15-10-6-7-11-15)14-8-4-3-5-9-14/h3-5,8-9,12,15H,6-7,10-11H2,1-2H3. The molecule has 0 atom stereocenters. The van der Waals surface area contributed by atoms with Gasteiger partial charge in [0, 0.05) is 19.3 Å². The van der Waals surface area contributed by atoms with Crippen LogP contribution in [0.5, 0.6) is 0 Å². The molecule has 0 bridgehead atoms. The predicted octanol–water partition coefficient (Wildman–Crippen LogP) is 2.87. The van der Waals surface area contributed by atoms with E-state index in [0.717, 1.165) is 31.4 Å². The van der Waals surface area contributed by atoms with E-state index in [9.17, 15) is 8.42 Å². The maximum atomic E-state index is 13.1. The van der Waals surface area contributed by atoms with Crippen molar-refractivity contribution in [2.24, 2.45) is 7.05 Å². The van der Waals surface area contributed by atoms with E-state index in [1.165, 1.54) is 0 Å². The highest BCUT2D eigenvalue weighted by Gasteiger charge is 2.35. The number of para-hydroxylation sites is 1. The highest BCUT2D eigenvalue weighted by molar-refractivity contribution is 7.92. The summed E-state index contributed by atoms with van der Waals surface area (Å²) in [7, 11) is -1.83. The Morgan fingerprint density at radius 3 is 2.36 bits per heavy atom. The second kappa shape index (κ2) is 5.76. The Bertz CT molecular complexity index is 727. The van der Waals surface area contributed by atoms with E-state index in [0.29, 0.717) is 5.82 Å². The van der Waals surface area contributed by atoms with Gasteiger partial charge in [0.2, 0.25) is 0 Å². The second-order valence-corrected chi connectivity index (χ2v) is 7.57. The summed E-state index contributed by atoms with van der Waals surface area (Å²) in [5.41, 5.74) is 0.720. The molecule has 1 aromatic heterocycles. The minimum absolute atomic E-state index is 0.0229. The molecule has 1 aromatic carbocycles. The average molecular weight is 319 g/mol. The van der Waals surface area contributed by atoms with Crippen molar-refractivity contribution < 1.29 is 8.42 Å². The first-order valence-electron chi connectivity index (χ1n) is 7.59. The number of imidazole rings is 1. The number of anilines is 1. The van der Waals surface area contributed by atoms with E-state index in [1.54, 1.807) is 22.0 Å². The van der Waals surface area contributed by atoms with Crippen LogP contribution in [0.4, 0.5) is 5.69 Å². The first-order chi connectivity index (χ1) is 10.5. The molecular weight excluding hydrogens is 298 g/mol. The summed E-state index contributed by atoms with van der Waals surface area (Å²) in [5.74, 6) is 0.693. The minimum atomic E-state index is -3.64. The molecule has 0 saturated heterocycles. The van der Waals surface area contributed by atoms with Crippen molar-refractivity contribution >= 4 is 15.7 Å². The largest absolute Gasteiger partial charge is 0.337 e. The van der Waals surface area contributed by atoms with Gasteiger partial charge in [0.05, 0.1) is 5.69 Å². The van der Waals surface area contributed by atoms with Crippen LogP contribution in [0.1, 0.15) is 31.5 Å². The molecule has 1 aliphatic carbocycles. The van der Waals surface area contributed by atoms with Crippen molar-refractivity contribution in [1.82, 2.24) is 9.55 Å². The lowest BCUT2D eigenvalue weighted by atomic mass is 10.2. The topological polar surface area (TPSA) is 55.2 Å². The average Bonchev–Trinajstić information content (AvgIpc) is 3.12. The molecule has 1 saturated carbocycles. The Kier molecular flexibility index (Phi) is 3.95. The van der Waals surface area contributed by atoms with Crippen LogP contribution in [0.15, 0.2) is 41.6 Å². The molecule has 1 heterocycles. The molecule has 2 aromatic rings. The first-order valence-corrected chi connectivity index (χ1v) is 9.03. The maximum absolute atomic E-state index is 13.1. The number of nitrogens with zero attached hydrogens (tertiary/aromatic N) is 3. The van der Waals surface area contributed by atoms with E-state index in [1.807, 2.05) is 37.4 Å². The number of sulfonamides is 1.